The van der Waals surface area contributed by atoms with E-state index in [0.717, 1.165) is 25.0 Å². The average Bonchev–Trinajstić information content (AvgIpc) is 3.33. The van der Waals surface area contributed by atoms with Crippen molar-refractivity contribution in [1.29, 1.82) is 0 Å². The fourth-order valence-corrected chi connectivity index (χ4v) is 2.85. The normalized spacial score (nSPS) is 21.3. The third-order valence-electron chi connectivity index (χ3n) is 4.12. The number of esters is 1. The summed E-state index contributed by atoms with van der Waals surface area (Å²) in [5.74, 6) is -2.64. The zero-order valence-electron chi connectivity index (χ0n) is 12.7. The van der Waals surface area contributed by atoms with E-state index >= 15 is 0 Å². The van der Waals surface area contributed by atoms with Crippen LogP contribution < -0.4 is 5.32 Å². The molecular weight excluding hydrogens is 306 g/mol. The highest BCUT2D eigenvalue weighted by molar-refractivity contribution is 5.95. The summed E-state index contributed by atoms with van der Waals surface area (Å²) in [7, 11) is 1.24. The van der Waals surface area contributed by atoms with Gasteiger partial charge in [0.2, 0.25) is 0 Å². The lowest BCUT2D eigenvalue weighted by atomic mass is 9.94. The van der Waals surface area contributed by atoms with E-state index in [0.29, 0.717) is 5.70 Å². The minimum Gasteiger partial charge on any atom is -0.466 e. The van der Waals surface area contributed by atoms with Crippen LogP contribution >= 0.6 is 0 Å². The van der Waals surface area contributed by atoms with Gasteiger partial charge in [-0.25, -0.2) is 18.4 Å². The fraction of sp³-hybridized carbons (Fsp3) is 0.375. The number of nitrogens with zero attached hydrogens (tertiary/aromatic N) is 1. The number of nitrogens with one attached hydrogen (secondary N) is 1. The van der Waals surface area contributed by atoms with Crippen LogP contribution in [-0.2, 0) is 9.53 Å². The van der Waals surface area contributed by atoms with Crippen molar-refractivity contribution in [2.45, 2.75) is 31.8 Å². The van der Waals surface area contributed by atoms with E-state index in [-0.39, 0.29) is 23.2 Å². The van der Waals surface area contributed by atoms with Gasteiger partial charge in [-0.1, -0.05) is 6.07 Å². The Kier molecular flexibility index (Phi) is 3.79. The number of carbonyl (C=O) groups is 2. The number of allylic oxidation sites excluding steroid dienone is 1. The topological polar surface area (TPSA) is 58.6 Å². The molecule has 2 aliphatic rings. The molecule has 0 radical (unpaired) electrons. The Hall–Kier alpha value is -2.44. The minimum atomic E-state index is -1.04. The molecule has 2 amide bonds. The van der Waals surface area contributed by atoms with E-state index in [1.54, 1.807) is 6.92 Å². The maximum Gasteiger partial charge on any atom is 0.337 e. The minimum absolute atomic E-state index is 0.0700. The summed E-state index contributed by atoms with van der Waals surface area (Å²) in [5.41, 5.74) is 0.996. The summed E-state index contributed by atoms with van der Waals surface area (Å²) in [4.78, 5) is 26.1. The Morgan fingerprint density at radius 2 is 2.00 bits per heavy atom. The lowest BCUT2D eigenvalue weighted by Crippen LogP contribution is -2.48. The number of ether oxygens (including phenoxy) is 1. The van der Waals surface area contributed by atoms with Crippen molar-refractivity contribution in [3.05, 3.63) is 46.7 Å². The molecular formula is C16H16F2N2O3. The Morgan fingerprint density at radius 1 is 1.30 bits per heavy atom. The average molecular weight is 322 g/mol. The third kappa shape index (κ3) is 2.67. The largest absolute Gasteiger partial charge is 0.466 e. The lowest BCUT2D eigenvalue weighted by Gasteiger charge is -2.35. The molecule has 0 bridgehead atoms. The number of rotatable bonds is 3. The Bertz CT molecular complexity index is 713. The van der Waals surface area contributed by atoms with Gasteiger partial charge < -0.3 is 10.1 Å². The highest BCUT2D eigenvalue weighted by Crippen LogP contribution is 2.38. The van der Waals surface area contributed by atoms with Gasteiger partial charge in [-0.3, -0.25) is 4.90 Å². The summed E-state index contributed by atoms with van der Waals surface area (Å²) < 4.78 is 31.5. The molecule has 23 heavy (non-hydrogen) atoms. The van der Waals surface area contributed by atoms with E-state index in [1.165, 1.54) is 18.1 Å². The van der Waals surface area contributed by atoms with Crippen molar-refractivity contribution in [1.82, 2.24) is 10.2 Å². The summed E-state index contributed by atoms with van der Waals surface area (Å²) in [6, 6.07) is 2.12. The molecule has 0 spiro atoms. The predicted molar refractivity (Wildman–Crippen MR) is 77.2 cm³/mol. The first-order valence-electron chi connectivity index (χ1n) is 7.27. The number of hydrogen-bond donors (Lipinski definition) is 1. The first-order chi connectivity index (χ1) is 10.9. The fourth-order valence-electron chi connectivity index (χ4n) is 2.85. The molecule has 5 nitrogen and oxygen atoms in total. The van der Waals surface area contributed by atoms with Gasteiger partial charge >= 0.3 is 12.0 Å². The second kappa shape index (κ2) is 5.64. The molecule has 0 saturated heterocycles. The number of halogens is 2. The molecule has 1 N–H and O–H groups in total. The first kappa shape index (κ1) is 15.5. The van der Waals surface area contributed by atoms with Gasteiger partial charge in [-0.15, -0.1) is 0 Å². The van der Waals surface area contributed by atoms with Crippen LogP contribution in [-0.4, -0.2) is 30.1 Å². The molecule has 3 rings (SSSR count). The molecule has 1 aliphatic heterocycles. The molecule has 1 aromatic carbocycles. The number of benzene rings is 1. The SMILES string of the molecule is COC(=O)C1=C(C)N(C2CC2)C(=O)N[C@@H]1c1ccc(F)c(F)c1. The van der Waals surface area contributed by atoms with Gasteiger partial charge in [0.1, 0.15) is 0 Å². The molecule has 0 unspecified atom stereocenters. The maximum atomic E-state index is 13.5. The molecule has 7 heteroatoms. The van der Waals surface area contributed by atoms with Crippen molar-refractivity contribution in [2.24, 2.45) is 0 Å². The molecule has 1 atom stereocenters. The van der Waals surface area contributed by atoms with Gasteiger partial charge in [0.05, 0.1) is 18.7 Å². The van der Waals surface area contributed by atoms with Crippen molar-refractivity contribution in [3.63, 3.8) is 0 Å². The van der Waals surface area contributed by atoms with Crippen LogP contribution in [0.25, 0.3) is 0 Å². The summed E-state index contributed by atoms with van der Waals surface area (Å²) in [6.45, 7) is 1.66. The number of amides is 2. The van der Waals surface area contributed by atoms with E-state index in [9.17, 15) is 18.4 Å². The molecule has 1 aromatic rings. The molecule has 1 fully saturated rings. The van der Waals surface area contributed by atoms with Crippen LogP contribution in [0.5, 0.6) is 0 Å². The second-order valence-electron chi connectivity index (χ2n) is 5.65. The van der Waals surface area contributed by atoms with E-state index < -0.39 is 23.6 Å². The van der Waals surface area contributed by atoms with Crippen molar-refractivity contribution in [3.8, 4) is 0 Å². The summed E-state index contributed by atoms with van der Waals surface area (Å²) >= 11 is 0. The van der Waals surface area contributed by atoms with Crippen LogP contribution in [0.3, 0.4) is 0 Å². The van der Waals surface area contributed by atoms with Gasteiger partial charge in [-0.2, -0.15) is 0 Å². The van der Waals surface area contributed by atoms with E-state index in [4.69, 9.17) is 4.74 Å². The highest BCUT2D eigenvalue weighted by Gasteiger charge is 2.42. The molecule has 0 aromatic heterocycles. The zero-order valence-corrected chi connectivity index (χ0v) is 12.7. The zero-order chi connectivity index (χ0) is 16.7. The smallest absolute Gasteiger partial charge is 0.337 e. The van der Waals surface area contributed by atoms with Crippen LogP contribution in [0, 0.1) is 11.6 Å². The van der Waals surface area contributed by atoms with Crippen LogP contribution in [0.2, 0.25) is 0 Å². The Morgan fingerprint density at radius 3 is 2.57 bits per heavy atom. The predicted octanol–water partition coefficient (Wildman–Crippen LogP) is 2.64. The first-order valence-corrected chi connectivity index (χ1v) is 7.27. The standard InChI is InChI=1S/C16H16F2N2O3/c1-8-13(15(21)23-2)14(9-3-6-11(17)12(18)7-9)19-16(22)20(8)10-4-5-10/h3,6-7,10,14H,4-5H2,1-2H3,(H,19,22)/t14-/m1/s1. The van der Waals surface area contributed by atoms with Gasteiger partial charge in [-0.05, 0) is 37.5 Å². The lowest BCUT2D eigenvalue weighted by molar-refractivity contribution is -0.136. The number of urea groups is 1. The summed E-state index contributed by atoms with van der Waals surface area (Å²) in [6.07, 6.45) is 1.74. The van der Waals surface area contributed by atoms with Gasteiger partial charge in [0, 0.05) is 11.7 Å². The molecule has 122 valence electrons. The van der Waals surface area contributed by atoms with E-state index in [2.05, 4.69) is 5.32 Å². The van der Waals surface area contributed by atoms with Crippen LogP contribution in [0.4, 0.5) is 13.6 Å². The quantitative estimate of drug-likeness (QED) is 0.870. The van der Waals surface area contributed by atoms with Gasteiger partial charge in [0.25, 0.3) is 0 Å². The highest BCUT2D eigenvalue weighted by atomic mass is 19.2. The number of carbonyl (C=O) groups excluding carboxylic acids is 2. The van der Waals surface area contributed by atoms with Crippen molar-refractivity contribution >= 4 is 12.0 Å². The Labute approximate surface area is 131 Å². The summed E-state index contributed by atoms with van der Waals surface area (Å²) in [5, 5.41) is 2.69. The van der Waals surface area contributed by atoms with E-state index in [1.807, 2.05) is 0 Å². The maximum absolute atomic E-state index is 13.5. The Balaban J connectivity index is 2.08. The molecule has 1 heterocycles. The molecule has 1 saturated carbocycles. The third-order valence-corrected chi connectivity index (χ3v) is 4.12. The van der Waals surface area contributed by atoms with Crippen molar-refractivity contribution < 1.29 is 23.1 Å². The number of hydrogen-bond acceptors (Lipinski definition) is 3. The van der Waals surface area contributed by atoms with Gasteiger partial charge in [0.15, 0.2) is 11.6 Å². The molecule has 1 aliphatic carbocycles. The second-order valence-corrected chi connectivity index (χ2v) is 5.65. The van der Waals surface area contributed by atoms with Crippen LogP contribution in [0.15, 0.2) is 29.5 Å². The van der Waals surface area contributed by atoms with Crippen molar-refractivity contribution in [2.75, 3.05) is 7.11 Å². The monoisotopic (exact) mass is 322 g/mol. The number of methoxy groups -OCH3 is 1. The van der Waals surface area contributed by atoms with Crippen LogP contribution in [0.1, 0.15) is 31.4 Å².